The molecule has 1 amide bonds. The van der Waals surface area contributed by atoms with E-state index in [1.165, 1.54) is 32.1 Å². The van der Waals surface area contributed by atoms with Gasteiger partial charge in [0.1, 0.15) is 0 Å². The van der Waals surface area contributed by atoms with E-state index in [-0.39, 0.29) is 17.9 Å². The zero-order valence-electron chi connectivity index (χ0n) is 11.9. The van der Waals surface area contributed by atoms with Crippen LogP contribution in [0.3, 0.4) is 0 Å². The molecule has 2 aliphatic carbocycles. The molecular formula is C15H26N2OS. The summed E-state index contributed by atoms with van der Waals surface area (Å²) in [6.07, 6.45) is 9.55. The Morgan fingerprint density at radius 3 is 2.58 bits per heavy atom. The number of fused-ring (bicyclic) bond motifs is 1. The molecule has 0 aromatic heterocycles. The average molecular weight is 282 g/mol. The molecule has 4 atom stereocenters. The van der Waals surface area contributed by atoms with Crippen molar-refractivity contribution in [2.24, 2.45) is 23.5 Å². The SMILES string of the molecule is CCC(NC(=O)C1CCC2CCCCC2C1)C(N)=S. The van der Waals surface area contributed by atoms with Crippen LogP contribution in [0.2, 0.25) is 0 Å². The number of nitrogens with two attached hydrogens (primary N) is 1. The van der Waals surface area contributed by atoms with Crippen LogP contribution in [0.25, 0.3) is 0 Å². The number of amides is 1. The molecule has 0 aromatic rings. The van der Waals surface area contributed by atoms with E-state index >= 15 is 0 Å². The van der Waals surface area contributed by atoms with Crippen molar-refractivity contribution in [2.45, 2.75) is 64.3 Å². The first-order chi connectivity index (χ1) is 9.11. The topological polar surface area (TPSA) is 55.1 Å². The molecule has 0 saturated heterocycles. The summed E-state index contributed by atoms with van der Waals surface area (Å²) in [5, 5.41) is 3.03. The monoisotopic (exact) mass is 282 g/mol. The third-order valence-corrected chi connectivity index (χ3v) is 5.26. The standard InChI is InChI=1S/C15H26N2OS/c1-2-13(14(16)19)17-15(18)12-8-7-10-5-3-4-6-11(10)9-12/h10-13H,2-9H2,1H3,(H2,16,19)(H,17,18). The van der Waals surface area contributed by atoms with Crippen LogP contribution in [0.4, 0.5) is 0 Å². The van der Waals surface area contributed by atoms with Gasteiger partial charge < -0.3 is 11.1 Å². The number of thiocarbonyl (C=S) groups is 1. The molecule has 0 radical (unpaired) electrons. The Labute approximate surface area is 121 Å². The van der Waals surface area contributed by atoms with Gasteiger partial charge in [0.25, 0.3) is 0 Å². The normalized spacial score (nSPS) is 32.2. The predicted molar refractivity (Wildman–Crippen MR) is 81.8 cm³/mol. The van der Waals surface area contributed by atoms with Gasteiger partial charge in [-0.25, -0.2) is 0 Å². The van der Waals surface area contributed by atoms with Crippen molar-refractivity contribution in [2.75, 3.05) is 0 Å². The maximum Gasteiger partial charge on any atom is 0.223 e. The van der Waals surface area contributed by atoms with Crippen LogP contribution >= 0.6 is 12.2 Å². The molecule has 0 bridgehead atoms. The highest BCUT2D eigenvalue weighted by Gasteiger charge is 2.35. The first-order valence-corrected chi connectivity index (χ1v) is 8.12. The molecule has 3 N–H and O–H groups in total. The minimum Gasteiger partial charge on any atom is -0.392 e. The van der Waals surface area contributed by atoms with E-state index in [1.807, 2.05) is 6.92 Å². The van der Waals surface area contributed by atoms with Gasteiger partial charge in [0, 0.05) is 5.92 Å². The molecule has 4 heteroatoms. The van der Waals surface area contributed by atoms with Crippen LogP contribution in [-0.2, 0) is 4.79 Å². The van der Waals surface area contributed by atoms with Gasteiger partial charge in [0.15, 0.2) is 0 Å². The fraction of sp³-hybridized carbons (Fsp3) is 0.867. The van der Waals surface area contributed by atoms with Gasteiger partial charge >= 0.3 is 0 Å². The van der Waals surface area contributed by atoms with Crippen LogP contribution in [0.1, 0.15) is 58.3 Å². The fourth-order valence-corrected chi connectivity index (χ4v) is 4.00. The summed E-state index contributed by atoms with van der Waals surface area (Å²) in [7, 11) is 0. The Kier molecular flexibility index (Phi) is 5.20. The Balaban J connectivity index is 1.88. The summed E-state index contributed by atoms with van der Waals surface area (Å²) in [6, 6.07) is -0.133. The molecule has 0 spiro atoms. The van der Waals surface area contributed by atoms with E-state index in [9.17, 15) is 4.79 Å². The molecule has 2 saturated carbocycles. The Morgan fingerprint density at radius 1 is 1.26 bits per heavy atom. The fourth-order valence-electron chi connectivity index (χ4n) is 3.78. The Morgan fingerprint density at radius 2 is 1.95 bits per heavy atom. The highest BCUT2D eigenvalue weighted by molar-refractivity contribution is 7.80. The minimum atomic E-state index is -0.133. The summed E-state index contributed by atoms with van der Waals surface area (Å²) in [5.41, 5.74) is 5.65. The molecule has 0 aliphatic heterocycles. The van der Waals surface area contributed by atoms with Crippen LogP contribution in [0.15, 0.2) is 0 Å². The minimum absolute atomic E-state index is 0.133. The summed E-state index contributed by atoms with van der Waals surface area (Å²) in [6.45, 7) is 2.00. The third kappa shape index (κ3) is 3.68. The van der Waals surface area contributed by atoms with Crippen molar-refractivity contribution in [1.29, 1.82) is 0 Å². The summed E-state index contributed by atoms with van der Waals surface area (Å²) in [5.74, 6) is 2.02. The number of carbonyl (C=O) groups is 1. The van der Waals surface area contributed by atoms with Crippen molar-refractivity contribution >= 4 is 23.1 Å². The smallest absolute Gasteiger partial charge is 0.223 e. The number of rotatable bonds is 4. The Bertz CT molecular complexity index is 345. The molecule has 2 rings (SSSR count). The third-order valence-electron chi connectivity index (χ3n) is 4.98. The number of carbonyl (C=O) groups excluding carboxylic acids is 1. The highest BCUT2D eigenvalue weighted by atomic mass is 32.1. The lowest BCUT2D eigenvalue weighted by atomic mass is 9.67. The maximum atomic E-state index is 12.3. The van der Waals surface area contributed by atoms with E-state index in [4.69, 9.17) is 18.0 Å². The van der Waals surface area contributed by atoms with E-state index in [0.717, 1.165) is 31.1 Å². The van der Waals surface area contributed by atoms with Gasteiger partial charge in [-0.05, 0) is 37.5 Å². The maximum absolute atomic E-state index is 12.3. The quantitative estimate of drug-likeness (QED) is 0.780. The summed E-state index contributed by atoms with van der Waals surface area (Å²) in [4.78, 5) is 12.7. The second-order valence-electron chi connectivity index (χ2n) is 6.19. The van der Waals surface area contributed by atoms with E-state index < -0.39 is 0 Å². The highest BCUT2D eigenvalue weighted by Crippen LogP contribution is 2.42. The second-order valence-corrected chi connectivity index (χ2v) is 6.66. The molecule has 108 valence electrons. The van der Waals surface area contributed by atoms with Gasteiger partial charge in [-0.2, -0.15) is 0 Å². The van der Waals surface area contributed by atoms with Crippen LogP contribution < -0.4 is 11.1 Å². The number of hydrogen-bond donors (Lipinski definition) is 2. The zero-order valence-corrected chi connectivity index (χ0v) is 12.7. The lowest BCUT2D eigenvalue weighted by molar-refractivity contribution is -0.127. The number of hydrogen-bond acceptors (Lipinski definition) is 2. The average Bonchev–Trinajstić information content (AvgIpc) is 2.43. The number of nitrogens with one attached hydrogen (secondary N) is 1. The molecule has 0 heterocycles. The van der Waals surface area contributed by atoms with E-state index in [2.05, 4.69) is 5.32 Å². The van der Waals surface area contributed by atoms with E-state index in [0.29, 0.717) is 4.99 Å². The molecule has 4 unspecified atom stereocenters. The zero-order chi connectivity index (χ0) is 13.8. The molecular weight excluding hydrogens is 256 g/mol. The van der Waals surface area contributed by atoms with E-state index in [1.54, 1.807) is 0 Å². The van der Waals surface area contributed by atoms with Crippen molar-refractivity contribution in [3.63, 3.8) is 0 Å². The Hall–Kier alpha value is -0.640. The van der Waals surface area contributed by atoms with Crippen LogP contribution in [0, 0.1) is 17.8 Å². The van der Waals surface area contributed by atoms with Crippen LogP contribution in [-0.4, -0.2) is 16.9 Å². The van der Waals surface area contributed by atoms with Crippen LogP contribution in [0.5, 0.6) is 0 Å². The molecule has 0 aromatic carbocycles. The summed E-state index contributed by atoms with van der Waals surface area (Å²) >= 11 is 4.99. The molecule has 19 heavy (non-hydrogen) atoms. The van der Waals surface area contributed by atoms with Crippen molar-refractivity contribution in [1.82, 2.24) is 5.32 Å². The first-order valence-electron chi connectivity index (χ1n) is 7.71. The van der Waals surface area contributed by atoms with Gasteiger partial charge in [-0.1, -0.05) is 44.8 Å². The van der Waals surface area contributed by atoms with Gasteiger partial charge in [-0.15, -0.1) is 0 Å². The van der Waals surface area contributed by atoms with Gasteiger partial charge in [0.05, 0.1) is 11.0 Å². The van der Waals surface area contributed by atoms with Gasteiger partial charge in [0.2, 0.25) is 5.91 Å². The largest absolute Gasteiger partial charge is 0.392 e. The molecule has 3 nitrogen and oxygen atoms in total. The summed E-state index contributed by atoms with van der Waals surface area (Å²) < 4.78 is 0. The molecule has 2 aliphatic rings. The molecule has 2 fully saturated rings. The van der Waals surface area contributed by atoms with Crippen molar-refractivity contribution in [3.8, 4) is 0 Å². The van der Waals surface area contributed by atoms with Gasteiger partial charge in [-0.3, -0.25) is 4.79 Å². The lowest BCUT2D eigenvalue weighted by Crippen LogP contribution is -2.46. The first kappa shape index (κ1) is 14.8. The van der Waals surface area contributed by atoms with Crippen molar-refractivity contribution < 1.29 is 4.79 Å². The predicted octanol–water partition coefficient (Wildman–Crippen LogP) is 2.77. The van der Waals surface area contributed by atoms with Crippen molar-refractivity contribution in [3.05, 3.63) is 0 Å². The second kappa shape index (κ2) is 6.69. The lowest BCUT2D eigenvalue weighted by Gasteiger charge is -2.39.